The average molecular weight is 519 g/mol. The van der Waals surface area contributed by atoms with Gasteiger partial charge >= 0.3 is 0 Å². The van der Waals surface area contributed by atoms with Gasteiger partial charge in [-0.1, -0.05) is 64.1 Å². The maximum Gasteiger partial charge on any atom is 0.250 e. The molecule has 0 aliphatic rings. The molecule has 0 spiro atoms. The lowest BCUT2D eigenvalue weighted by atomic mass is 10.2. The van der Waals surface area contributed by atoms with Crippen molar-refractivity contribution in [3.8, 4) is 17.1 Å². The van der Waals surface area contributed by atoms with Gasteiger partial charge in [-0.3, -0.25) is 14.3 Å². The predicted octanol–water partition coefficient (Wildman–Crippen LogP) is 5.00. The van der Waals surface area contributed by atoms with Crippen molar-refractivity contribution < 1.29 is 4.79 Å². The molecule has 0 unspecified atom stereocenters. The number of pyridine rings is 1. The van der Waals surface area contributed by atoms with E-state index in [1.54, 1.807) is 24.7 Å². The zero-order chi connectivity index (χ0) is 22.9. The van der Waals surface area contributed by atoms with Gasteiger partial charge in [0.05, 0.1) is 5.75 Å². The van der Waals surface area contributed by atoms with E-state index in [-0.39, 0.29) is 11.7 Å². The van der Waals surface area contributed by atoms with Crippen LogP contribution in [-0.2, 0) is 4.79 Å². The number of nitrogens with zero attached hydrogens (tertiary/aromatic N) is 5. The Hall–Kier alpha value is -3.56. The highest BCUT2D eigenvalue weighted by Crippen LogP contribution is 2.28. The van der Waals surface area contributed by atoms with E-state index in [0.29, 0.717) is 11.0 Å². The molecule has 0 fully saturated rings. The van der Waals surface area contributed by atoms with E-state index in [0.717, 1.165) is 21.3 Å². The van der Waals surface area contributed by atoms with Crippen molar-refractivity contribution in [2.75, 3.05) is 5.75 Å². The minimum absolute atomic E-state index is 0.144. The molecule has 9 heteroatoms. The topological polar surface area (TPSA) is 85.1 Å². The van der Waals surface area contributed by atoms with Gasteiger partial charge in [0.25, 0.3) is 5.91 Å². The van der Waals surface area contributed by atoms with E-state index in [9.17, 15) is 4.79 Å². The van der Waals surface area contributed by atoms with Crippen molar-refractivity contribution in [3.63, 3.8) is 0 Å². The summed E-state index contributed by atoms with van der Waals surface area (Å²) >= 11 is 4.75. The molecule has 33 heavy (non-hydrogen) atoms. The minimum Gasteiger partial charge on any atom is -0.272 e. The van der Waals surface area contributed by atoms with E-state index < -0.39 is 0 Å². The minimum atomic E-state index is -0.236. The summed E-state index contributed by atoms with van der Waals surface area (Å²) in [5.74, 6) is 0.581. The predicted molar refractivity (Wildman–Crippen MR) is 135 cm³/mol. The molecule has 0 radical (unpaired) electrons. The van der Waals surface area contributed by atoms with Gasteiger partial charge in [0.15, 0.2) is 11.0 Å². The molecule has 0 atom stereocenters. The number of halogens is 1. The molecule has 0 aliphatic carbocycles. The van der Waals surface area contributed by atoms with Crippen LogP contribution in [0.2, 0.25) is 0 Å². The normalized spacial score (nSPS) is 11.3. The van der Waals surface area contributed by atoms with E-state index in [1.165, 1.54) is 11.8 Å². The number of benzene rings is 2. The zero-order valence-electron chi connectivity index (χ0n) is 17.4. The van der Waals surface area contributed by atoms with Gasteiger partial charge in [-0.15, -0.1) is 10.2 Å². The average Bonchev–Trinajstić information content (AvgIpc) is 3.28. The second-order valence-corrected chi connectivity index (χ2v) is 8.58. The second-order valence-electron chi connectivity index (χ2n) is 6.73. The number of hydrazone groups is 1. The first-order valence-electron chi connectivity index (χ1n) is 9.99. The fourth-order valence-electron chi connectivity index (χ4n) is 2.91. The fraction of sp³-hybridized carbons (Fsp3) is 0.0417. The Kier molecular flexibility index (Phi) is 7.78. The SMILES string of the molecule is O=C(CSc1nnc(-c2ccncc2)n1-c1ccc(Br)cc1)NN=CC=Cc1ccccc1. The van der Waals surface area contributed by atoms with Gasteiger partial charge in [0.2, 0.25) is 0 Å². The van der Waals surface area contributed by atoms with Gasteiger partial charge in [-0.2, -0.15) is 5.10 Å². The van der Waals surface area contributed by atoms with Crippen molar-refractivity contribution in [2.24, 2.45) is 5.10 Å². The molecule has 1 amide bonds. The molecule has 2 aromatic carbocycles. The maximum absolute atomic E-state index is 12.3. The highest BCUT2D eigenvalue weighted by molar-refractivity contribution is 9.10. The van der Waals surface area contributed by atoms with E-state index >= 15 is 0 Å². The summed E-state index contributed by atoms with van der Waals surface area (Å²) < 4.78 is 2.89. The summed E-state index contributed by atoms with van der Waals surface area (Å²) in [6, 6.07) is 21.4. The monoisotopic (exact) mass is 518 g/mol. The van der Waals surface area contributed by atoms with Crippen molar-refractivity contribution in [3.05, 3.63) is 95.2 Å². The summed E-state index contributed by atoms with van der Waals surface area (Å²) in [6.45, 7) is 0. The van der Waals surface area contributed by atoms with Crippen molar-refractivity contribution >= 4 is 45.9 Å². The van der Waals surface area contributed by atoms with Crippen LogP contribution in [0, 0.1) is 0 Å². The van der Waals surface area contributed by atoms with E-state index in [4.69, 9.17) is 0 Å². The largest absolute Gasteiger partial charge is 0.272 e. The van der Waals surface area contributed by atoms with Crippen molar-refractivity contribution in [1.29, 1.82) is 0 Å². The molecule has 7 nitrogen and oxygen atoms in total. The molecule has 2 heterocycles. The third-order valence-corrected chi connectivity index (χ3v) is 5.88. The molecule has 1 N–H and O–H groups in total. The molecule has 2 aromatic heterocycles. The lowest BCUT2D eigenvalue weighted by Gasteiger charge is -2.10. The lowest BCUT2D eigenvalue weighted by Crippen LogP contribution is -2.19. The van der Waals surface area contributed by atoms with Gasteiger partial charge in [0, 0.05) is 34.3 Å². The summed E-state index contributed by atoms with van der Waals surface area (Å²) in [7, 11) is 0. The van der Waals surface area contributed by atoms with Crippen LogP contribution in [0.1, 0.15) is 5.56 Å². The molecule has 0 aliphatic heterocycles. The number of nitrogens with one attached hydrogen (secondary N) is 1. The summed E-state index contributed by atoms with van der Waals surface area (Å²) in [5, 5.41) is 13.2. The third kappa shape index (κ3) is 6.24. The van der Waals surface area contributed by atoms with Gasteiger partial charge in [0.1, 0.15) is 0 Å². The number of allylic oxidation sites excluding steroid dienone is 1. The number of carbonyl (C=O) groups is 1. The first-order valence-corrected chi connectivity index (χ1v) is 11.8. The zero-order valence-corrected chi connectivity index (χ0v) is 19.8. The van der Waals surface area contributed by atoms with Crippen LogP contribution in [0.5, 0.6) is 0 Å². The lowest BCUT2D eigenvalue weighted by molar-refractivity contribution is -0.118. The van der Waals surface area contributed by atoms with Crippen LogP contribution in [0.15, 0.2) is 99.9 Å². The standard InChI is InChI=1S/C24H19BrN6OS/c25-20-8-10-21(11-9-20)31-23(19-12-15-26-16-13-19)29-30-24(31)33-17-22(32)28-27-14-4-7-18-5-2-1-3-6-18/h1-16H,17H2,(H,28,32). The van der Waals surface area contributed by atoms with Crippen molar-refractivity contribution in [1.82, 2.24) is 25.2 Å². The van der Waals surface area contributed by atoms with Gasteiger partial charge < -0.3 is 0 Å². The van der Waals surface area contributed by atoms with Crippen LogP contribution in [0.3, 0.4) is 0 Å². The Morgan fingerprint density at radius 2 is 1.79 bits per heavy atom. The highest BCUT2D eigenvalue weighted by atomic mass is 79.9. The second kappa shape index (κ2) is 11.3. The fourth-order valence-corrected chi connectivity index (χ4v) is 3.92. The number of aromatic nitrogens is 4. The number of amides is 1. The maximum atomic E-state index is 12.3. The van der Waals surface area contributed by atoms with Gasteiger partial charge in [-0.25, -0.2) is 5.43 Å². The van der Waals surface area contributed by atoms with E-state index in [1.807, 2.05) is 77.4 Å². The molecule has 0 saturated heterocycles. The molecular formula is C24H19BrN6OS. The molecular weight excluding hydrogens is 500 g/mol. The van der Waals surface area contributed by atoms with Crippen LogP contribution in [0.4, 0.5) is 0 Å². The number of rotatable bonds is 8. The summed E-state index contributed by atoms with van der Waals surface area (Å²) in [5.41, 5.74) is 5.36. The number of thioether (sulfide) groups is 1. The van der Waals surface area contributed by atoms with Crippen LogP contribution >= 0.6 is 27.7 Å². The molecule has 164 valence electrons. The Balaban J connectivity index is 1.44. The summed E-state index contributed by atoms with van der Waals surface area (Å²) in [6.07, 6.45) is 8.64. The number of hydrogen-bond donors (Lipinski definition) is 1. The molecule has 4 aromatic rings. The Labute approximate surface area is 203 Å². The first-order chi connectivity index (χ1) is 16.2. The third-order valence-electron chi connectivity index (χ3n) is 4.43. The Bertz CT molecular complexity index is 1260. The summed E-state index contributed by atoms with van der Waals surface area (Å²) in [4.78, 5) is 16.3. The van der Waals surface area contributed by atoms with Crippen LogP contribution in [0.25, 0.3) is 23.2 Å². The van der Waals surface area contributed by atoms with E-state index in [2.05, 4.69) is 41.6 Å². The smallest absolute Gasteiger partial charge is 0.250 e. The van der Waals surface area contributed by atoms with Crippen molar-refractivity contribution in [2.45, 2.75) is 5.16 Å². The first kappa shape index (κ1) is 22.6. The number of carbonyl (C=O) groups excluding carboxylic acids is 1. The molecule has 0 saturated carbocycles. The van der Waals surface area contributed by atoms with Crippen LogP contribution < -0.4 is 5.43 Å². The van der Waals surface area contributed by atoms with Crippen LogP contribution in [-0.4, -0.2) is 37.6 Å². The number of hydrogen-bond acceptors (Lipinski definition) is 6. The molecule has 4 rings (SSSR count). The van der Waals surface area contributed by atoms with Gasteiger partial charge in [-0.05, 0) is 48.0 Å². The molecule has 0 bridgehead atoms. The quantitative estimate of drug-likeness (QED) is 0.201. The Morgan fingerprint density at radius 1 is 1.03 bits per heavy atom. The Morgan fingerprint density at radius 3 is 2.55 bits per heavy atom. The highest BCUT2D eigenvalue weighted by Gasteiger charge is 2.17.